The van der Waals surface area contributed by atoms with Crippen molar-refractivity contribution in [1.29, 1.82) is 0 Å². The van der Waals surface area contributed by atoms with Gasteiger partial charge in [0, 0.05) is 36.4 Å². The van der Waals surface area contributed by atoms with Crippen LogP contribution in [0.5, 0.6) is 0 Å². The van der Waals surface area contributed by atoms with E-state index in [0.717, 1.165) is 17.3 Å². The summed E-state index contributed by atoms with van der Waals surface area (Å²) in [5.41, 5.74) is 2.94. The maximum Gasteiger partial charge on any atom is 0.257 e. The lowest BCUT2D eigenvalue weighted by atomic mass is 10.1. The van der Waals surface area contributed by atoms with Crippen LogP contribution >= 0.6 is 0 Å². The zero-order chi connectivity index (χ0) is 20.1. The van der Waals surface area contributed by atoms with Crippen LogP contribution < -0.4 is 10.6 Å². The van der Waals surface area contributed by atoms with Crippen molar-refractivity contribution in [2.45, 2.75) is 18.9 Å². The standard InChI is InChI=1S/C22H20N4O3/c1-25-12-16(14-5-2-3-6-18(14)25)20(27)23-13-8-9-17-15(11-13)22(29)26-10-4-7-19(26)21(28)24-17/h2-3,5-6,8-9,11-12,19H,4,7,10H2,1H3,(H,23,27)(H,24,28)/t19-/m0/s1. The average Bonchev–Trinajstić information content (AvgIpc) is 3.32. The van der Waals surface area contributed by atoms with Crippen molar-refractivity contribution in [2.75, 3.05) is 17.2 Å². The fourth-order valence-electron chi connectivity index (χ4n) is 4.28. The predicted octanol–water partition coefficient (Wildman–Crippen LogP) is 2.99. The number of fused-ring (bicyclic) bond motifs is 3. The summed E-state index contributed by atoms with van der Waals surface area (Å²) in [7, 11) is 1.90. The zero-order valence-corrected chi connectivity index (χ0v) is 15.9. The van der Waals surface area contributed by atoms with Crippen molar-refractivity contribution >= 4 is 40.0 Å². The number of aromatic nitrogens is 1. The van der Waals surface area contributed by atoms with Crippen LogP contribution in [0.1, 0.15) is 33.6 Å². The quantitative estimate of drug-likeness (QED) is 0.708. The fourth-order valence-corrected chi connectivity index (χ4v) is 4.28. The molecule has 1 aromatic heterocycles. The van der Waals surface area contributed by atoms with Gasteiger partial charge in [-0.3, -0.25) is 14.4 Å². The van der Waals surface area contributed by atoms with Crippen LogP contribution in [0.3, 0.4) is 0 Å². The van der Waals surface area contributed by atoms with E-state index in [2.05, 4.69) is 10.6 Å². The highest BCUT2D eigenvalue weighted by Crippen LogP contribution is 2.31. The van der Waals surface area contributed by atoms with Gasteiger partial charge < -0.3 is 20.1 Å². The van der Waals surface area contributed by atoms with Gasteiger partial charge in [0.05, 0.1) is 16.8 Å². The third-order valence-corrected chi connectivity index (χ3v) is 5.72. The Morgan fingerprint density at radius 3 is 2.86 bits per heavy atom. The summed E-state index contributed by atoms with van der Waals surface area (Å²) in [6, 6.07) is 12.3. The molecule has 5 rings (SSSR count). The molecule has 1 saturated heterocycles. The van der Waals surface area contributed by atoms with Gasteiger partial charge in [-0.25, -0.2) is 0 Å². The van der Waals surface area contributed by atoms with Crippen LogP contribution in [0, 0.1) is 0 Å². The number of amides is 3. The summed E-state index contributed by atoms with van der Waals surface area (Å²) >= 11 is 0. The maximum absolute atomic E-state index is 13.0. The SMILES string of the molecule is Cn1cc(C(=O)Nc2ccc3c(c2)C(=O)N2CCC[C@H]2C(=O)N3)c2ccccc21. The lowest BCUT2D eigenvalue weighted by Gasteiger charge is -2.20. The molecule has 0 saturated carbocycles. The molecule has 2 aliphatic heterocycles. The molecule has 1 atom stereocenters. The molecule has 0 bridgehead atoms. The molecule has 3 heterocycles. The molecule has 0 aliphatic carbocycles. The molecule has 3 aromatic rings. The number of carbonyl (C=O) groups is 3. The summed E-state index contributed by atoms with van der Waals surface area (Å²) < 4.78 is 1.91. The normalized spacial score (nSPS) is 18.2. The number of hydrogen-bond acceptors (Lipinski definition) is 3. The number of nitrogens with one attached hydrogen (secondary N) is 2. The Kier molecular flexibility index (Phi) is 3.91. The van der Waals surface area contributed by atoms with Crippen molar-refractivity contribution in [1.82, 2.24) is 9.47 Å². The van der Waals surface area contributed by atoms with E-state index in [-0.39, 0.29) is 17.7 Å². The van der Waals surface area contributed by atoms with Crippen LogP contribution in [-0.2, 0) is 11.8 Å². The smallest absolute Gasteiger partial charge is 0.257 e. The summed E-state index contributed by atoms with van der Waals surface area (Å²) in [6.07, 6.45) is 3.29. The largest absolute Gasteiger partial charge is 0.350 e. The molecule has 1 fully saturated rings. The first kappa shape index (κ1) is 17.5. The Labute approximate surface area is 167 Å². The van der Waals surface area contributed by atoms with Gasteiger partial charge in [-0.15, -0.1) is 0 Å². The number of aryl methyl sites for hydroxylation is 1. The van der Waals surface area contributed by atoms with Gasteiger partial charge in [-0.2, -0.15) is 0 Å². The number of hydrogen-bond donors (Lipinski definition) is 2. The van der Waals surface area contributed by atoms with Gasteiger partial charge in [0.25, 0.3) is 11.8 Å². The molecule has 0 spiro atoms. The number of carbonyl (C=O) groups excluding carboxylic acids is 3. The van der Waals surface area contributed by atoms with Crippen LogP contribution in [0.25, 0.3) is 10.9 Å². The zero-order valence-electron chi connectivity index (χ0n) is 15.9. The predicted molar refractivity (Wildman–Crippen MR) is 110 cm³/mol. The minimum absolute atomic E-state index is 0.151. The van der Waals surface area contributed by atoms with E-state index in [1.807, 2.05) is 35.9 Å². The Bertz CT molecular complexity index is 1180. The lowest BCUT2D eigenvalue weighted by molar-refractivity contribution is -0.119. The minimum atomic E-state index is -0.413. The van der Waals surface area contributed by atoms with Gasteiger partial charge in [0.1, 0.15) is 6.04 Å². The molecule has 146 valence electrons. The highest BCUT2D eigenvalue weighted by atomic mass is 16.2. The highest BCUT2D eigenvalue weighted by molar-refractivity contribution is 6.14. The molecule has 2 N–H and O–H groups in total. The second kappa shape index (κ2) is 6.48. The Balaban J connectivity index is 1.47. The lowest BCUT2D eigenvalue weighted by Crippen LogP contribution is -2.40. The van der Waals surface area contributed by atoms with E-state index in [4.69, 9.17) is 0 Å². The number of para-hydroxylation sites is 1. The Morgan fingerprint density at radius 2 is 2.00 bits per heavy atom. The number of nitrogens with zero attached hydrogens (tertiary/aromatic N) is 2. The molecular weight excluding hydrogens is 368 g/mol. The summed E-state index contributed by atoms with van der Waals surface area (Å²) in [5, 5.41) is 6.60. The minimum Gasteiger partial charge on any atom is -0.350 e. The first-order valence-corrected chi connectivity index (χ1v) is 9.64. The topological polar surface area (TPSA) is 83.4 Å². The van der Waals surface area contributed by atoms with E-state index in [1.54, 1.807) is 29.3 Å². The van der Waals surface area contributed by atoms with Gasteiger partial charge in [-0.1, -0.05) is 18.2 Å². The van der Waals surface area contributed by atoms with E-state index < -0.39 is 6.04 Å². The molecule has 29 heavy (non-hydrogen) atoms. The molecule has 3 amide bonds. The third kappa shape index (κ3) is 2.77. The van der Waals surface area contributed by atoms with E-state index in [9.17, 15) is 14.4 Å². The second-order valence-electron chi connectivity index (χ2n) is 7.53. The third-order valence-electron chi connectivity index (χ3n) is 5.72. The summed E-state index contributed by atoms with van der Waals surface area (Å²) in [6.45, 7) is 0.572. The van der Waals surface area contributed by atoms with Crippen LogP contribution in [-0.4, -0.2) is 39.8 Å². The molecule has 0 unspecified atom stereocenters. The molecule has 2 aliphatic rings. The maximum atomic E-state index is 13.0. The van der Waals surface area contributed by atoms with E-state index in [0.29, 0.717) is 35.5 Å². The summed E-state index contributed by atoms with van der Waals surface area (Å²) in [5.74, 6) is -0.574. The Morgan fingerprint density at radius 1 is 1.17 bits per heavy atom. The van der Waals surface area contributed by atoms with Gasteiger partial charge >= 0.3 is 0 Å². The van der Waals surface area contributed by atoms with E-state index in [1.165, 1.54) is 0 Å². The second-order valence-corrected chi connectivity index (χ2v) is 7.53. The number of benzene rings is 2. The van der Waals surface area contributed by atoms with Crippen molar-refractivity contribution in [2.24, 2.45) is 7.05 Å². The van der Waals surface area contributed by atoms with Gasteiger partial charge in [-0.05, 0) is 37.1 Å². The number of anilines is 2. The highest BCUT2D eigenvalue weighted by Gasteiger charge is 2.38. The van der Waals surface area contributed by atoms with Crippen molar-refractivity contribution in [3.05, 3.63) is 59.8 Å². The monoisotopic (exact) mass is 388 g/mol. The Hall–Kier alpha value is -3.61. The summed E-state index contributed by atoms with van der Waals surface area (Å²) in [4.78, 5) is 39.9. The molecule has 2 aromatic carbocycles. The van der Waals surface area contributed by atoms with E-state index >= 15 is 0 Å². The molecule has 7 heteroatoms. The first-order chi connectivity index (χ1) is 14.0. The fraction of sp³-hybridized carbons (Fsp3) is 0.227. The van der Waals surface area contributed by atoms with Crippen LogP contribution in [0.2, 0.25) is 0 Å². The first-order valence-electron chi connectivity index (χ1n) is 9.64. The average molecular weight is 388 g/mol. The molecular formula is C22H20N4O3. The van der Waals surface area contributed by atoms with Crippen LogP contribution in [0.4, 0.5) is 11.4 Å². The molecule has 0 radical (unpaired) electrons. The van der Waals surface area contributed by atoms with Gasteiger partial charge in [0.2, 0.25) is 5.91 Å². The van der Waals surface area contributed by atoms with Crippen molar-refractivity contribution in [3.63, 3.8) is 0 Å². The van der Waals surface area contributed by atoms with Crippen LogP contribution in [0.15, 0.2) is 48.7 Å². The molecule has 7 nitrogen and oxygen atoms in total. The van der Waals surface area contributed by atoms with Gasteiger partial charge in [0.15, 0.2) is 0 Å². The van der Waals surface area contributed by atoms with Crippen molar-refractivity contribution in [3.8, 4) is 0 Å². The van der Waals surface area contributed by atoms with Crippen molar-refractivity contribution < 1.29 is 14.4 Å². The number of rotatable bonds is 2.